The standard InChI is InChI=1S/C21H23F2N3O4/c1-3-8-27-16-7-5-4-6-14(16)11-25-21(24-2)26-12-15-9-18-19(29-13-28-18)10-17(15)30-20(22)23/h3-7,9-10,20H,1,8,11-13H2,2H3,(H2,24,25,26). The second kappa shape index (κ2) is 10.3. The van der Waals surface area contributed by atoms with Crippen LogP contribution in [0.2, 0.25) is 0 Å². The zero-order chi connectivity index (χ0) is 21.3. The number of ether oxygens (including phenoxy) is 4. The molecule has 0 saturated heterocycles. The molecule has 1 heterocycles. The zero-order valence-electron chi connectivity index (χ0n) is 16.5. The fraction of sp³-hybridized carbons (Fsp3) is 0.286. The fourth-order valence-electron chi connectivity index (χ4n) is 2.83. The van der Waals surface area contributed by atoms with Gasteiger partial charge in [-0.25, -0.2) is 0 Å². The quantitative estimate of drug-likeness (QED) is 0.369. The molecule has 0 fully saturated rings. The summed E-state index contributed by atoms with van der Waals surface area (Å²) in [6.45, 7) is 1.78. The van der Waals surface area contributed by atoms with E-state index in [0.717, 1.165) is 11.3 Å². The summed E-state index contributed by atoms with van der Waals surface area (Å²) in [5.74, 6) is 2.08. The first-order chi connectivity index (χ1) is 14.6. The number of alkyl halides is 2. The van der Waals surface area contributed by atoms with Crippen LogP contribution in [0.5, 0.6) is 23.0 Å². The van der Waals surface area contributed by atoms with E-state index >= 15 is 0 Å². The van der Waals surface area contributed by atoms with Crippen molar-refractivity contribution in [2.75, 3.05) is 20.4 Å². The molecule has 0 spiro atoms. The number of nitrogens with zero attached hydrogens (tertiary/aromatic N) is 1. The molecule has 0 aliphatic carbocycles. The van der Waals surface area contributed by atoms with E-state index < -0.39 is 6.61 Å². The number of aliphatic imine (C=N–C) groups is 1. The van der Waals surface area contributed by atoms with Crippen LogP contribution in [0, 0.1) is 0 Å². The average molecular weight is 419 g/mol. The fourth-order valence-corrected chi connectivity index (χ4v) is 2.83. The van der Waals surface area contributed by atoms with Gasteiger partial charge in [-0.1, -0.05) is 30.9 Å². The van der Waals surface area contributed by atoms with Gasteiger partial charge in [-0.15, -0.1) is 0 Å². The van der Waals surface area contributed by atoms with E-state index in [1.165, 1.54) is 6.07 Å². The van der Waals surface area contributed by atoms with E-state index in [4.69, 9.17) is 14.2 Å². The van der Waals surface area contributed by atoms with Gasteiger partial charge in [0.1, 0.15) is 18.1 Å². The molecule has 9 heteroatoms. The van der Waals surface area contributed by atoms with Gasteiger partial charge in [0.05, 0.1) is 0 Å². The van der Waals surface area contributed by atoms with E-state index in [9.17, 15) is 8.78 Å². The number of guanidine groups is 1. The van der Waals surface area contributed by atoms with Crippen LogP contribution >= 0.6 is 0 Å². The van der Waals surface area contributed by atoms with Crippen LogP contribution in [0.3, 0.4) is 0 Å². The Morgan fingerprint density at radius 3 is 2.53 bits per heavy atom. The molecule has 0 radical (unpaired) electrons. The predicted octanol–water partition coefficient (Wildman–Crippen LogP) is 3.45. The lowest BCUT2D eigenvalue weighted by Crippen LogP contribution is -2.36. The highest BCUT2D eigenvalue weighted by atomic mass is 19.3. The van der Waals surface area contributed by atoms with E-state index in [-0.39, 0.29) is 19.1 Å². The van der Waals surface area contributed by atoms with Gasteiger partial charge in [-0.3, -0.25) is 4.99 Å². The second-order valence-corrected chi connectivity index (χ2v) is 6.18. The minimum atomic E-state index is -2.95. The summed E-state index contributed by atoms with van der Waals surface area (Å²) in [5, 5.41) is 6.26. The van der Waals surface area contributed by atoms with E-state index in [0.29, 0.717) is 36.2 Å². The summed E-state index contributed by atoms with van der Waals surface area (Å²) in [4.78, 5) is 4.17. The highest BCUT2D eigenvalue weighted by Gasteiger charge is 2.20. The Kier molecular flexibility index (Phi) is 7.31. The Morgan fingerprint density at radius 2 is 1.83 bits per heavy atom. The summed E-state index contributed by atoms with van der Waals surface area (Å²) in [7, 11) is 1.62. The number of nitrogens with one attached hydrogen (secondary N) is 2. The van der Waals surface area contributed by atoms with Gasteiger partial charge in [0.25, 0.3) is 0 Å². The van der Waals surface area contributed by atoms with Gasteiger partial charge < -0.3 is 29.6 Å². The number of rotatable bonds is 9. The van der Waals surface area contributed by atoms with Gasteiger partial charge in [0.2, 0.25) is 6.79 Å². The molecule has 7 nitrogen and oxygen atoms in total. The smallest absolute Gasteiger partial charge is 0.387 e. The maximum Gasteiger partial charge on any atom is 0.387 e. The number of benzene rings is 2. The molecule has 30 heavy (non-hydrogen) atoms. The first-order valence-electron chi connectivity index (χ1n) is 9.24. The molecule has 0 bridgehead atoms. The van der Waals surface area contributed by atoms with Crippen LogP contribution in [-0.4, -0.2) is 33.0 Å². The van der Waals surface area contributed by atoms with Crippen LogP contribution in [0.25, 0.3) is 0 Å². The van der Waals surface area contributed by atoms with E-state index in [2.05, 4.69) is 26.9 Å². The first kappa shape index (κ1) is 21.2. The highest BCUT2D eigenvalue weighted by Crippen LogP contribution is 2.38. The first-order valence-corrected chi connectivity index (χ1v) is 9.24. The third-order valence-electron chi connectivity index (χ3n) is 4.22. The normalized spacial score (nSPS) is 12.6. The van der Waals surface area contributed by atoms with Crippen LogP contribution < -0.4 is 29.6 Å². The summed E-state index contributed by atoms with van der Waals surface area (Å²) in [5.41, 5.74) is 1.42. The number of para-hydroxylation sites is 1. The molecule has 3 rings (SSSR count). The molecular formula is C21H23F2N3O4. The van der Waals surface area contributed by atoms with Gasteiger partial charge in [0, 0.05) is 37.3 Å². The molecule has 0 amide bonds. The van der Waals surface area contributed by atoms with E-state index in [1.807, 2.05) is 24.3 Å². The second-order valence-electron chi connectivity index (χ2n) is 6.18. The molecule has 1 aliphatic rings. The molecule has 1 aliphatic heterocycles. The summed E-state index contributed by atoms with van der Waals surface area (Å²) in [6.07, 6.45) is 1.68. The molecule has 2 aromatic carbocycles. The average Bonchev–Trinajstić information content (AvgIpc) is 3.19. The maximum absolute atomic E-state index is 12.8. The Hall–Kier alpha value is -3.49. The molecule has 0 saturated carbocycles. The summed E-state index contributed by atoms with van der Waals surface area (Å²) < 4.78 is 46.4. The van der Waals surface area contributed by atoms with Crippen LogP contribution in [-0.2, 0) is 13.1 Å². The highest BCUT2D eigenvalue weighted by molar-refractivity contribution is 5.79. The molecule has 0 aromatic heterocycles. The van der Waals surface area contributed by atoms with Gasteiger partial charge >= 0.3 is 6.61 Å². The monoisotopic (exact) mass is 419 g/mol. The minimum absolute atomic E-state index is 0.0142. The van der Waals surface area contributed by atoms with Crippen molar-refractivity contribution in [2.45, 2.75) is 19.7 Å². The third kappa shape index (κ3) is 5.53. The van der Waals surface area contributed by atoms with Crippen molar-refractivity contribution < 1.29 is 27.7 Å². The van der Waals surface area contributed by atoms with Crippen molar-refractivity contribution in [3.05, 3.63) is 60.2 Å². The van der Waals surface area contributed by atoms with Gasteiger partial charge in [-0.2, -0.15) is 8.78 Å². The van der Waals surface area contributed by atoms with Gasteiger partial charge in [0.15, 0.2) is 17.5 Å². The predicted molar refractivity (Wildman–Crippen MR) is 108 cm³/mol. The lowest BCUT2D eigenvalue weighted by Gasteiger charge is -2.16. The summed E-state index contributed by atoms with van der Waals surface area (Å²) >= 11 is 0. The van der Waals surface area contributed by atoms with Crippen molar-refractivity contribution >= 4 is 5.96 Å². The van der Waals surface area contributed by atoms with Crippen LogP contribution in [0.4, 0.5) is 8.78 Å². The molecule has 2 aromatic rings. The molecule has 0 atom stereocenters. The van der Waals surface area contributed by atoms with Crippen molar-refractivity contribution in [1.29, 1.82) is 0 Å². The minimum Gasteiger partial charge on any atom is -0.489 e. The van der Waals surface area contributed by atoms with Crippen LogP contribution in [0.1, 0.15) is 11.1 Å². The molecular weight excluding hydrogens is 396 g/mol. The molecule has 2 N–H and O–H groups in total. The summed E-state index contributed by atoms with van der Waals surface area (Å²) in [6, 6.07) is 10.6. The Bertz CT molecular complexity index is 906. The Labute approximate surface area is 173 Å². The van der Waals surface area contributed by atoms with Crippen molar-refractivity contribution in [3.63, 3.8) is 0 Å². The number of halogens is 2. The maximum atomic E-state index is 12.8. The number of hydrogen-bond donors (Lipinski definition) is 2. The lowest BCUT2D eigenvalue weighted by atomic mass is 10.1. The number of hydrogen-bond acceptors (Lipinski definition) is 5. The van der Waals surface area contributed by atoms with E-state index in [1.54, 1.807) is 19.2 Å². The molecule has 160 valence electrons. The largest absolute Gasteiger partial charge is 0.489 e. The lowest BCUT2D eigenvalue weighted by molar-refractivity contribution is -0.0505. The van der Waals surface area contributed by atoms with Crippen molar-refractivity contribution in [3.8, 4) is 23.0 Å². The zero-order valence-corrected chi connectivity index (χ0v) is 16.5. The van der Waals surface area contributed by atoms with Crippen molar-refractivity contribution in [1.82, 2.24) is 10.6 Å². The topological polar surface area (TPSA) is 73.3 Å². The molecule has 0 unspecified atom stereocenters. The Morgan fingerprint density at radius 1 is 1.13 bits per heavy atom. The van der Waals surface area contributed by atoms with Crippen molar-refractivity contribution in [2.24, 2.45) is 4.99 Å². The Balaban J connectivity index is 1.64. The van der Waals surface area contributed by atoms with Gasteiger partial charge in [-0.05, 0) is 12.1 Å². The third-order valence-corrected chi connectivity index (χ3v) is 4.22. The SMILES string of the molecule is C=CCOc1ccccc1CNC(=NC)NCc1cc2c(cc1OC(F)F)OCO2. The van der Waals surface area contributed by atoms with Crippen LogP contribution in [0.15, 0.2) is 54.0 Å². The number of fused-ring (bicyclic) bond motifs is 1.